The van der Waals surface area contributed by atoms with Crippen LogP contribution in [0.15, 0.2) is 78.4 Å². The first-order valence-corrected chi connectivity index (χ1v) is 12.6. The van der Waals surface area contributed by atoms with Crippen molar-refractivity contribution in [2.24, 2.45) is 5.92 Å². The van der Waals surface area contributed by atoms with Crippen molar-refractivity contribution in [1.82, 2.24) is 0 Å². The molecule has 1 fully saturated rings. The second kappa shape index (κ2) is 11.3. The van der Waals surface area contributed by atoms with Crippen molar-refractivity contribution in [1.29, 1.82) is 0 Å². The molecule has 0 radical (unpaired) electrons. The summed E-state index contributed by atoms with van der Waals surface area (Å²) < 4.78 is 11.5. The van der Waals surface area contributed by atoms with Gasteiger partial charge in [-0.25, -0.2) is 0 Å². The molecule has 1 heterocycles. The predicted octanol–water partition coefficient (Wildman–Crippen LogP) is 6.44. The van der Waals surface area contributed by atoms with E-state index < -0.39 is 17.7 Å². The number of carbonyl (C=O) groups is 2. The van der Waals surface area contributed by atoms with Crippen LogP contribution in [0.3, 0.4) is 0 Å². The molecule has 0 aliphatic carbocycles. The van der Waals surface area contributed by atoms with Crippen LogP contribution in [0.25, 0.3) is 5.76 Å². The molecule has 1 unspecified atom stereocenters. The SMILES string of the molecule is CCCOc1ccc(/C(O)=C2\C(=O)C(=O)N(c3cccc(C)c3)C2c2ccc(OCC(C)C)cc2)cc1. The lowest BCUT2D eigenvalue weighted by molar-refractivity contribution is -0.132. The number of amides is 1. The van der Waals surface area contributed by atoms with Crippen LogP contribution in [0.1, 0.15) is 49.9 Å². The molecule has 3 aromatic rings. The lowest BCUT2D eigenvalue weighted by atomic mass is 9.95. The van der Waals surface area contributed by atoms with Crippen LogP contribution in [-0.4, -0.2) is 30.0 Å². The molecular formula is C31H33NO5. The van der Waals surface area contributed by atoms with Crippen LogP contribution in [0, 0.1) is 12.8 Å². The number of anilines is 1. The van der Waals surface area contributed by atoms with E-state index in [1.54, 1.807) is 30.3 Å². The number of hydrogen-bond acceptors (Lipinski definition) is 5. The monoisotopic (exact) mass is 499 g/mol. The van der Waals surface area contributed by atoms with Crippen LogP contribution >= 0.6 is 0 Å². The summed E-state index contributed by atoms with van der Waals surface area (Å²) in [6, 6.07) is 20.8. The Hall–Kier alpha value is -4.06. The number of hydrogen-bond donors (Lipinski definition) is 1. The number of Topliss-reactive ketones (excluding diaryl/α,β-unsaturated/α-hetero) is 1. The molecule has 0 bridgehead atoms. The van der Waals surface area contributed by atoms with E-state index in [2.05, 4.69) is 13.8 Å². The minimum absolute atomic E-state index is 0.0459. The number of benzene rings is 3. The zero-order valence-electron chi connectivity index (χ0n) is 21.7. The first-order chi connectivity index (χ1) is 17.8. The molecular weight excluding hydrogens is 466 g/mol. The molecule has 0 aromatic heterocycles. The summed E-state index contributed by atoms with van der Waals surface area (Å²) in [5.41, 5.74) is 2.73. The summed E-state index contributed by atoms with van der Waals surface area (Å²) in [5.74, 6) is 0.128. The van der Waals surface area contributed by atoms with Gasteiger partial charge in [0.2, 0.25) is 0 Å². The predicted molar refractivity (Wildman–Crippen MR) is 145 cm³/mol. The largest absolute Gasteiger partial charge is 0.507 e. The number of nitrogens with zero attached hydrogens (tertiary/aromatic N) is 1. The van der Waals surface area contributed by atoms with Crippen molar-refractivity contribution in [3.63, 3.8) is 0 Å². The molecule has 1 aliphatic rings. The quantitative estimate of drug-likeness (QED) is 0.208. The van der Waals surface area contributed by atoms with Gasteiger partial charge in [0.05, 0.1) is 24.8 Å². The van der Waals surface area contributed by atoms with Gasteiger partial charge in [0.15, 0.2) is 0 Å². The molecule has 6 nitrogen and oxygen atoms in total. The summed E-state index contributed by atoms with van der Waals surface area (Å²) in [7, 11) is 0. The van der Waals surface area contributed by atoms with Crippen LogP contribution in [-0.2, 0) is 9.59 Å². The Morgan fingerprint density at radius 2 is 1.59 bits per heavy atom. The highest BCUT2D eigenvalue weighted by molar-refractivity contribution is 6.51. The second-order valence-corrected chi connectivity index (χ2v) is 9.65. The maximum atomic E-state index is 13.4. The van der Waals surface area contributed by atoms with Gasteiger partial charge in [0, 0.05) is 11.3 Å². The summed E-state index contributed by atoms with van der Waals surface area (Å²) in [5, 5.41) is 11.3. The normalized spacial score (nSPS) is 16.9. The highest BCUT2D eigenvalue weighted by Crippen LogP contribution is 2.42. The number of ketones is 1. The van der Waals surface area contributed by atoms with Crippen LogP contribution in [0.2, 0.25) is 0 Å². The highest BCUT2D eigenvalue weighted by atomic mass is 16.5. The van der Waals surface area contributed by atoms with Crippen LogP contribution in [0.4, 0.5) is 5.69 Å². The van der Waals surface area contributed by atoms with Crippen molar-refractivity contribution >= 4 is 23.1 Å². The topological polar surface area (TPSA) is 76.1 Å². The number of rotatable bonds is 9. The molecule has 0 spiro atoms. The van der Waals surface area contributed by atoms with Crippen molar-refractivity contribution in [3.8, 4) is 11.5 Å². The number of aliphatic hydroxyl groups excluding tert-OH is 1. The van der Waals surface area contributed by atoms with Gasteiger partial charge in [0.1, 0.15) is 17.3 Å². The number of aliphatic hydroxyl groups is 1. The lowest BCUT2D eigenvalue weighted by Gasteiger charge is -2.26. The second-order valence-electron chi connectivity index (χ2n) is 9.65. The van der Waals surface area contributed by atoms with E-state index in [9.17, 15) is 14.7 Å². The van der Waals surface area contributed by atoms with E-state index in [4.69, 9.17) is 9.47 Å². The molecule has 37 heavy (non-hydrogen) atoms. The third kappa shape index (κ3) is 5.69. The van der Waals surface area contributed by atoms with Gasteiger partial charge in [0.25, 0.3) is 11.7 Å². The van der Waals surface area contributed by atoms with E-state index in [0.29, 0.717) is 47.4 Å². The van der Waals surface area contributed by atoms with Crippen molar-refractivity contribution < 1.29 is 24.2 Å². The highest BCUT2D eigenvalue weighted by Gasteiger charge is 2.47. The van der Waals surface area contributed by atoms with Gasteiger partial charge in [-0.15, -0.1) is 0 Å². The standard InChI is InChI=1S/C31H33NO5/c1-5-17-36-25-15-11-23(12-16-25)29(33)27-28(22-9-13-26(14-10-22)37-19-20(2)3)32(31(35)30(27)34)24-8-6-7-21(4)18-24/h6-16,18,20,28,33H,5,17,19H2,1-4H3/b29-27+. The molecule has 6 heteroatoms. The average Bonchev–Trinajstić information content (AvgIpc) is 3.16. The van der Waals surface area contributed by atoms with E-state index in [-0.39, 0.29) is 11.3 Å². The minimum Gasteiger partial charge on any atom is -0.507 e. The zero-order valence-corrected chi connectivity index (χ0v) is 21.7. The smallest absolute Gasteiger partial charge is 0.300 e. The van der Waals surface area contributed by atoms with E-state index in [1.165, 1.54) is 4.90 Å². The lowest BCUT2D eigenvalue weighted by Crippen LogP contribution is -2.29. The summed E-state index contributed by atoms with van der Waals surface area (Å²) in [6.45, 7) is 9.27. The Bertz CT molecular complexity index is 1290. The fourth-order valence-electron chi connectivity index (χ4n) is 4.29. The Morgan fingerprint density at radius 3 is 2.22 bits per heavy atom. The van der Waals surface area contributed by atoms with Crippen molar-refractivity contribution in [2.75, 3.05) is 18.1 Å². The van der Waals surface area contributed by atoms with Gasteiger partial charge in [-0.2, -0.15) is 0 Å². The minimum atomic E-state index is -0.794. The van der Waals surface area contributed by atoms with Gasteiger partial charge in [-0.05, 0) is 78.9 Å². The van der Waals surface area contributed by atoms with Crippen LogP contribution in [0.5, 0.6) is 11.5 Å². The zero-order chi connectivity index (χ0) is 26.5. The van der Waals surface area contributed by atoms with Crippen molar-refractivity contribution in [3.05, 3.63) is 95.1 Å². The van der Waals surface area contributed by atoms with Gasteiger partial charge >= 0.3 is 0 Å². The molecule has 1 N–H and O–H groups in total. The number of aryl methyl sites for hydroxylation is 1. The summed E-state index contributed by atoms with van der Waals surface area (Å²) in [6.07, 6.45) is 0.880. The molecule has 4 rings (SSSR count). The van der Waals surface area contributed by atoms with Gasteiger partial charge in [-0.3, -0.25) is 14.5 Å². The fourth-order valence-corrected chi connectivity index (χ4v) is 4.29. The maximum Gasteiger partial charge on any atom is 0.300 e. The fraction of sp³-hybridized carbons (Fsp3) is 0.290. The Kier molecular flexibility index (Phi) is 7.97. The maximum absolute atomic E-state index is 13.4. The molecule has 1 atom stereocenters. The summed E-state index contributed by atoms with van der Waals surface area (Å²) >= 11 is 0. The van der Waals surface area contributed by atoms with Crippen LogP contribution < -0.4 is 14.4 Å². The summed E-state index contributed by atoms with van der Waals surface area (Å²) in [4.78, 5) is 28.2. The molecule has 3 aromatic carbocycles. The Labute approximate surface area is 218 Å². The molecule has 192 valence electrons. The van der Waals surface area contributed by atoms with Gasteiger partial charge in [-0.1, -0.05) is 45.0 Å². The van der Waals surface area contributed by atoms with E-state index in [0.717, 1.165) is 12.0 Å². The molecule has 1 aliphatic heterocycles. The van der Waals surface area contributed by atoms with E-state index >= 15 is 0 Å². The Morgan fingerprint density at radius 1 is 0.946 bits per heavy atom. The van der Waals surface area contributed by atoms with E-state index in [1.807, 2.05) is 56.3 Å². The third-order valence-corrected chi connectivity index (χ3v) is 6.10. The third-order valence-electron chi connectivity index (χ3n) is 6.10. The Balaban J connectivity index is 1.79. The average molecular weight is 500 g/mol. The number of carbonyl (C=O) groups excluding carboxylic acids is 2. The molecule has 1 amide bonds. The first kappa shape index (κ1) is 26.0. The molecule has 1 saturated heterocycles. The first-order valence-electron chi connectivity index (χ1n) is 12.6. The van der Waals surface area contributed by atoms with Crippen molar-refractivity contribution in [2.45, 2.75) is 40.2 Å². The number of ether oxygens (including phenoxy) is 2. The molecule has 0 saturated carbocycles. The van der Waals surface area contributed by atoms with Gasteiger partial charge < -0.3 is 14.6 Å².